The predicted molar refractivity (Wildman–Crippen MR) is 96.1 cm³/mol. The number of nitrogens with zero attached hydrogens (tertiary/aromatic N) is 1. The maximum Gasteiger partial charge on any atom is 0.263 e. The molecule has 0 saturated carbocycles. The number of amides is 1. The van der Waals surface area contributed by atoms with Crippen molar-refractivity contribution in [3.63, 3.8) is 0 Å². The number of ether oxygens (including phenoxy) is 1. The third-order valence-corrected chi connectivity index (χ3v) is 5.10. The van der Waals surface area contributed by atoms with E-state index in [1.807, 2.05) is 0 Å². The van der Waals surface area contributed by atoms with E-state index < -0.39 is 10.0 Å². The SMILES string of the molecule is CCCCOCCCNC(=O)CCN=C1NS(=O)(=O)c2ccccc21. The highest BCUT2D eigenvalue weighted by atomic mass is 32.2. The number of hydrogen-bond acceptors (Lipinski definition) is 5. The third-order valence-electron chi connectivity index (χ3n) is 3.70. The molecule has 138 valence electrons. The van der Waals surface area contributed by atoms with E-state index in [9.17, 15) is 13.2 Å². The average molecular weight is 367 g/mol. The number of fused-ring (bicyclic) bond motifs is 1. The van der Waals surface area contributed by atoms with E-state index in [4.69, 9.17) is 4.74 Å². The lowest BCUT2D eigenvalue weighted by Gasteiger charge is -2.05. The highest BCUT2D eigenvalue weighted by molar-refractivity contribution is 7.90. The molecule has 0 radical (unpaired) electrons. The number of aliphatic imine (C=N–C) groups is 1. The van der Waals surface area contributed by atoms with Crippen LogP contribution in [-0.4, -0.2) is 46.5 Å². The fraction of sp³-hybridized carbons (Fsp3) is 0.529. The van der Waals surface area contributed by atoms with Crippen molar-refractivity contribution >= 4 is 21.8 Å². The van der Waals surface area contributed by atoms with Crippen molar-refractivity contribution in [2.45, 2.75) is 37.5 Å². The van der Waals surface area contributed by atoms with Gasteiger partial charge in [-0.3, -0.25) is 14.5 Å². The van der Waals surface area contributed by atoms with E-state index in [2.05, 4.69) is 22.0 Å². The molecule has 1 aliphatic rings. The van der Waals surface area contributed by atoms with Crippen LogP contribution in [0.3, 0.4) is 0 Å². The summed E-state index contributed by atoms with van der Waals surface area (Å²) < 4.78 is 31.7. The summed E-state index contributed by atoms with van der Waals surface area (Å²) >= 11 is 0. The van der Waals surface area contributed by atoms with Crippen LogP contribution >= 0.6 is 0 Å². The maximum absolute atomic E-state index is 11.9. The van der Waals surface area contributed by atoms with Gasteiger partial charge in [-0.1, -0.05) is 25.5 Å². The largest absolute Gasteiger partial charge is 0.381 e. The van der Waals surface area contributed by atoms with Crippen LogP contribution in [0.5, 0.6) is 0 Å². The van der Waals surface area contributed by atoms with Crippen molar-refractivity contribution in [3.05, 3.63) is 29.8 Å². The van der Waals surface area contributed by atoms with Crippen LogP contribution in [0.4, 0.5) is 0 Å². The minimum absolute atomic E-state index is 0.105. The quantitative estimate of drug-likeness (QED) is 0.612. The van der Waals surface area contributed by atoms with Gasteiger partial charge >= 0.3 is 0 Å². The Morgan fingerprint density at radius 1 is 1.24 bits per heavy atom. The lowest BCUT2D eigenvalue weighted by Crippen LogP contribution is -2.26. The molecule has 1 aromatic rings. The van der Waals surface area contributed by atoms with Gasteiger partial charge in [0, 0.05) is 31.7 Å². The first-order chi connectivity index (χ1) is 12.0. The number of benzene rings is 1. The molecule has 2 rings (SSSR count). The molecule has 1 aliphatic heterocycles. The van der Waals surface area contributed by atoms with Gasteiger partial charge < -0.3 is 10.1 Å². The smallest absolute Gasteiger partial charge is 0.263 e. The molecule has 8 heteroatoms. The van der Waals surface area contributed by atoms with Gasteiger partial charge in [0.25, 0.3) is 10.0 Å². The average Bonchev–Trinajstić information content (AvgIpc) is 2.85. The van der Waals surface area contributed by atoms with Crippen LogP contribution in [-0.2, 0) is 19.6 Å². The zero-order chi connectivity index (χ0) is 18.1. The highest BCUT2D eigenvalue weighted by Gasteiger charge is 2.29. The van der Waals surface area contributed by atoms with E-state index in [1.54, 1.807) is 18.2 Å². The van der Waals surface area contributed by atoms with Gasteiger partial charge in [-0.15, -0.1) is 0 Å². The Kier molecular flexibility index (Phi) is 7.39. The summed E-state index contributed by atoms with van der Waals surface area (Å²) in [5, 5.41) is 2.81. The maximum atomic E-state index is 11.9. The Hall–Kier alpha value is -1.93. The molecule has 0 atom stereocenters. The van der Waals surface area contributed by atoms with Gasteiger partial charge in [0.2, 0.25) is 5.91 Å². The standard InChI is InChI=1S/C17H25N3O4S/c1-2-3-12-24-13-6-10-18-16(21)9-11-19-17-14-7-4-5-8-15(14)25(22,23)20-17/h4-5,7-8H,2-3,6,9-13H2,1H3,(H,18,21)(H,19,20). The Bertz CT molecular complexity index is 716. The highest BCUT2D eigenvalue weighted by Crippen LogP contribution is 2.22. The van der Waals surface area contributed by atoms with E-state index in [0.29, 0.717) is 24.6 Å². The first kappa shape index (κ1) is 19.4. The molecule has 0 unspecified atom stereocenters. The number of unbranched alkanes of at least 4 members (excludes halogenated alkanes) is 1. The van der Waals surface area contributed by atoms with Crippen molar-refractivity contribution in [1.29, 1.82) is 0 Å². The first-order valence-electron chi connectivity index (χ1n) is 8.55. The fourth-order valence-electron chi connectivity index (χ4n) is 2.36. The van der Waals surface area contributed by atoms with Crippen molar-refractivity contribution in [3.8, 4) is 0 Å². The molecule has 1 aromatic carbocycles. The Labute approximate surface area is 148 Å². The van der Waals surface area contributed by atoms with Crippen LogP contribution in [0.25, 0.3) is 0 Å². The molecular weight excluding hydrogens is 342 g/mol. The number of rotatable bonds is 10. The molecule has 0 bridgehead atoms. The summed E-state index contributed by atoms with van der Waals surface area (Å²) in [6, 6.07) is 6.66. The van der Waals surface area contributed by atoms with Crippen LogP contribution < -0.4 is 10.0 Å². The molecule has 0 aromatic heterocycles. The van der Waals surface area contributed by atoms with E-state index in [-0.39, 0.29) is 23.8 Å². The minimum Gasteiger partial charge on any atom is -0.381 e. The van der Waals surface area contributed by atoms with E-state index >= 15 is 0 Å². The van der Waals surface area contributed by atoms with Crippen molar-refractivity contribution < 1.29 is 17.9 Å². The second-order valence-corrected chi connectivity index (χ2v) is 7.40. The van der Waals surface area contributed by atoms with Crippen LogP contribution in [0.15, 0.2) is 34.2 Å². The fourth-order valence-corrected chi connectivity index (χ4v) is 3.61. The van der Waals surface area contributed by atoms with Crippen LogP contribution in [0.2, 0.25) is 0 Å². The molecule has 7 nitrogen and oxygen atoms in total. The molecule has 0 aliphatic carbocycles. The minimum atomic E-state index is -3.53. The number of nitrogens with one attached hydrogen (secondary N) is 2. The summed E-state index contributed by atoms with van der Waals surface area (Å²) in [5.74, 6) is 0.194. The topological polar surface area (TPSA) is 96.9 Å². The van der Waals surface area contributed by atoms with E-state index in [1.165, 1.54) is 6.07 Å². The van der Waals surface area contributed by atoms with Gasteiger partial charge in [0.05, 0.1) is 11.4 Å². The third kappa shape index (κ3) is 5.82. The zero-order valence-electron chi connectivity index (χ0n) is 14.5. The molecule has 2 N–H and O–H groups in total. The lowest BCUT2D eigenvalue weighted by atomic mass is 10.2. The summed E-state index contributed by atoms with van der Waals surface area (Å²) in [6.07, 6.45) is 3.15. The molecule has 0 spiro atoms. The van der Waals surface area contributed by atoms with Crippen LogP contribution in [0.1, 0.15) is 38.2 Å². The van der Waals surface area contributed by atoms with Gasteiger partial charge in [0.1, 0.15) is 5.84 Å². The Morgan fingerprint density at radius 3 is 2.80 bits per heavy atom. The van der Waals surface area contributed by atoms with Gasteiger partial charge in [-0.25, -0.2) is 8.42 Å². The predicted octanol–water partition coefficient (Wildman–Crippen LogP) is 1.44. The summed E-state index contributed by atoms with van der Waals surface area (Å²) in [7, 11) is -3.53. The van der Waals surface area contributed by atoms with Gasteiger partial charge in [-0.2, -0.15) is 0 Å². The molecule has 1 heterocycles. The summed E-state index contributed by atoms with van der Waals surface area (Å²) in [4.78, 5) is 16.2. The molecular formula is C17H25N3O4S. The van der Waals surface area contributed by atoms with Crippen molar-refractivity contribution in [2.24, 2.45) is 4.99 Å². The number of sulfonamides is 1. The van der Waals surface area contributed by atoms with Crippen molar-refractivity contribution in [2.75, 3.05) is 26.3 Å². The summed E-state index contributed by atoms with van der Waals surface area (Å²) in [6.45, 7) is 4.31. The second kappa shape index (κ2) is 9.53. The second-order valence-electron chi connectivity index (χ2n) is 5.75. The Morgan fingerprint density at radius 2 is 2.00 bits per heavy atom. The molecule has 0 saturated heterocycles. The first-order valence-corrected chi connectivity index (χ1v) is 10.0. The number of hydrogen-bond donors (Lipinski definition) is 2. The van der Waals surface area contributed by atoms with Gasteiger partial charge in [-0.05, 0) is 25.0 Å². The summed E-state index contributed by atoms with van der Waals surface area (Å²) in [5.41, 5.74) is 0.548. The number of amidine groups is 1. The number of carbonyl (C=O) groups excluding carboxylic acids is 1. The number of carbonyl (C=O) groups is 1. The molecule has 1 amide bonds. The molecule has 25 heavy (non-hydrogen) atoms. The Balaban J connectivity index is 1.70. The van der Waals surface area contributed by atoms with Crippen molar-refractivity contribution in [1.82, 2.24) is 10.0 Å². The van der Waals surface area contributed by atoms with Crippen LogP contribution in [0, 0.1) is 0 Å². The normalized spacial score (nSPS) is 16.4. The zero-order valence-corrected chi connectivity index (χ0v) is 15.3. The van der Waals surface area contributed by atoms with E-state index in [0.717, 1.165) is 25.9 Å². The van der Waals surface area contributed by atoms with Gasteiger partial charge in [0.15, 0.2) is 0 Å². The monoisotopic (exact) mass is 367 g/mol. The molecule has 0 fully saturated rings. The lowest BCUT2D eigenvalue weighted by molar-refractivity contribution is -0.120.